The van der Waals surface area contributed by atoms with Gasteiger partial charge in [0.1, 0.15) is 0 Å². The van der Waals surface area contributed by atoms with Crippen LogP contribution in [0.2, 0.25) is 0 Å². The molecule has 0 saturated carbocycles. The molecule has 0 unspecified atom stereocenters. The van der Waals surface area contributed by atoms with Gasteiger partial charge in [0.15, 0.2) is 0 Å². The van der Waals surface area contributed by atoms with Gasteiger partial charge in [-0.05, 0) is 0 Å². The molecule has 1 nitrogen and oxygen atoms in total. The first-order valence-corrected chi connectivity index (χ1v) is 14.4. The summed E-state index contributed by atoms with van der Waals surface area (Å²) in [5, 5.41) is 0. The van der Waals surface area contributed by atoms with Gasteiger partial charge in [0.05, 0.1) is 0 Å². The van der Waals surface area contributed by atoms with Gasteiger partial charge in [-0.15, -0.1) is 0 Å². The molecule has 134 valence electrons. The zero-order chi connectivity index (χ0) is 18.5. The molecule has 3 aromatic carbocycles. The number of rotatable bonds is 6. The van der Waals surface area contributed by atoms with Crippen LogP contribution in [0.15, 0.2) is 66.7 Å². The van der Waals surface area contributed by atoms with E-state index in [-0.39, 0.29) is 0 Å². The number of benzene rings is 3. The summed E-state index contributed by atoms with van der Waals surface area (Å²) < 4.78 is 10.4. The second kappa shape index (κ2) is 8.93. The van der Waals surface area contributed by atoms with Gasteiger partial charge in [-0.3, -0.25) is 0 Å². The van der Waals surface area contributed by atoms with Gasteiger partial charge in [-0.1, -0.05) is 0 Å². The monoisotopic (exact) mass is 540 g/mol. The van der Waals surface area contributed by atoms with Crippen molar-refractivity contribution in [3.05, 3.63) is 89.0 Å². The molecule has 0 saturated heterocycles. The molecular weight excluding hydrogens is 513 g/mol. The molecule has 0 fully saturated rings. The number of ether oxygens (including phenoxy) is 1. The molecule has 0 bridgehead atoms. The minimum absolute atomic E-state index is 0.705. The van der Waals surface area contributed by atoms with Crippen molar-refractivity contribution >= 4 is 31.6 Å². The first-order chi connectivity index (χ1) is 12.6. The van der Waals surface area contributed by atoms with Crippen molar-refractivity contribution in [1.29, 1.82) is 0 Å². The molecule has 0 atom stereocenters. The maximum atomic E-state index is 5.82. The van der Waals surface area contributed by atoms with E-state index >= 15 is 0 Å². The fraction of sp³-hybridized carbons (Fsp3) is 0.250. The molecule has 26 heavy (non-hydrogen) atoms. The third-order valence-corrected chi connectivity index (χ3v) is 14.2. The van der Waals surface area contributed by atoms with Crippen LogP contribution in [0.1, 0.15) is 29.2 Å². The molecule has 0 spiro atoms. The molecule has 0 aliphatic carbocycles. The van der Waals surface area contributed by atoms with Crippen LogP contribution in [0, 0.1) is 20.8 Å². The third-order valence-electron chi connectivity index (χ3n) is 4.46. The van der Waals surface area contributed by atoms with E-state index in [1.165, 1.54) is 32.1 Å². The Labute approximate surface area is 165 Å². The Morgan fingerprint density at radius 2 is 1.31 bits per heavy atom. The number of hydrogen-bond donors (Lipinski definition) is 0. The van der Waals surface area contributed by atoms with Crippen LogP contribution < -0.4 is 9.81 Å². The van der Waals surface area contributed by atoms with Gasteiger partial charge in [-0.2, -0.15) is 0 Å². The van der Waals surface area contributed by atoms with Crippen LogP contribution in [0.3, 0.4) is 0 Å². The van der Waals surface area contributed by atoms with E-state index in [1.54, 1.807) is 0 Å². The molecule has 2 heteroatoms. The Morgan fingerprint density at radius 3 is 1.85 bits per heavy atom. The second-order valence-electron chi connectivity index (χ2n) is 6.78. The molecule has 0 amide bonds. The predicted octanol–water partition coefficient (Wildman–Crippen LogP) is 3.66. The summed E-state index contributed by atoms with van der Waals surface area (Å²) in [6.07, 6.45) is 0. The average molecular weight is 540 g/mol. The predicted molar refractivity (Wildman–Crippen MR) is 114 cm³/mol. The third kappa shape index (κ3) is 4.61. The minimum atomic E-state index is -2.37. The van der Waals surface area contributed by atoms with Gasteiger partial charge in [0.2, 0.25) is 0 Å². The Bertz CT molecular complexity index is 839. The molecule has 0 N–H and O–H groups in total. The molecule has 3 aromatic rings. The zero-order valence-electron chi connectivity index (χ0n) is 16.1. The van der Waals surface area contributed by atoms with E-state index in [2.05, 4.69) is 94.4 Å². The molecule has 0 aliphatic rings. The Kier molecular flexibility index (Phi) is 6.62. The van der Waals surface area contributed by atoms with Crippen molar-refractivity contribution in [2.45, 2.75) is 34.3 Å². The topological polar surface area (TPSA) is 9.23 Å². The van der Waals surface area contributed by atoms with Crippen molar-refractivity contribution in [3.8, 4) is 0 Å². The van der Waals surface area contributed by atoms with E-state index in [0.717, 1.165) is 6.61 Å². The van der Waals surface area contributed by atoms with Crippen LogP contribution >= 0.6 is 0 Å². The molecule has 3 rings (SSSR count). The van der Waals surface area contributed by atoms with E-state index in [0.29, 0.717) is 6.61 Å². The standard InChI is InChI=1S/C10H13O.2C7H7.Bi/c1-3-11-8-10-6-4-5-9(2)7-10;2*1-7-5-3-2-4-6-7;/h4-5,7H,3,8H2,1-2H3;2*2-3,5-6H,1H3;. The Hall–Kier alpha value is -1.50. The van der Waals surface area contributed by atoms with E-state index in [4.69, 9.17) is 4.74 Å². The van der Waals surface area contributed by atoms with E-state index < -0.39 is 21.8 Å². The molecule has 0 heterocycles. The van der Waals surface area contributed by atoms with Gasteiger partial charge >= 0.3 is 166 Å². The maximum absolute atomic E-state index is 5.82. The molecule has 0 aromatic heterocycles. The Morgan fingerprint density at radius 1 is 0.731 bits per heavy atom. The summed E-state index contributed by atoms with van der Waals surface area (Å²) in [4.78, 5) is 0. The van der Waals surface area contributed by atoms with Crippen molar-refractivity contribution in [1.82, 2.24) is 0 Å². The first kappa shape index (κ1) is 19.3. The molecular formula is C24H27BiO. The fourth-order valence-electron chi connectivity index (χ4n) is 3.22. The van der Waals surface area contributed by atoms with Crippen molar-refractivity contribution in [2.75, 3.05) is 6.61 Å². The summed E-state index contributed by atoms with van der Waals surface area (Å²) in [5.74, 6) is 0. The van der Waals surface area contributed by atoms with E-state index in [9.17, 15) is 0 Å². The SMILES string of the molecule is CCOCc1cc(C)cc[c]1[Bi]([c]1cccc(C)c1)[c]1cccc(C)c1. The quantitative estimate of drug-likeness (QED) is 0.434. The van der Waals surface area contributed by atoms with Gasteiger partial charge in [0.25, 0.3) is 0 Å². The summed E-state index contributed by atoms with van der Waals surface area (Å²) >= 11 is -2.37. The van der Waals surface area contributed by atoms with Crippen LogP contribution in [0.25, 0.3) is 0 Å². The number of aryl methyl sites for hydroxylation is 3. The average Bonchev–Trinajstić information content (AvgIpc) is 2.62. The second-order valence-corrected chi connectivity index (χ2v) is 15.3. The van der Waals surface area contributed by atoms with Gasteiger partial charge in [0, 0.05) is 0 Å². The van der Waals surface area contributed by atoms with E-state index in [1.807, 2.05) is 0 Å². The summed E-state index contributed by atoms with van der Waals surface area (Å²) in [7, 11) is 0. The van der Waals surface area contributed by atoms with Crippen molar-refractivity contribution in [2.24, 2.45) is 0 Å². The molecule has 0 aliphatic heterocycles. The van der Waals surface area contributed by atoms with Gasteiger partial charge in [-0.25, -0.2) is 0 Å². The summed E-state index contributed by atoms with van der Waals surface area (Å²) in [6, 6.07) is 25.2. The van der Waals surface area contributed by atoms with Crippen LogP contribution in [-0.4, -0.2) is 28.4 Å². The van der Waals surface area contributed by atoms with Crippen LogP contribution in [0.4, 0.5) is 0 Å². The normalized spacial score (nSPS) is 11.1. The summed E-state index contributed by atoms with van der Waals surface area (Å²) in [6.45, 7) is 10.1. The molecule has 0 radical (unpaired) electrons. The first-order valence-electron chi connectivity index (χ1n) is 9.19. The van der Waals surface area contributed by atoms with Crippen LogP contribution in [-0.2, 0) is 11.3 Å². The zero-order valence-corrected chi connectivity index (χ0v) is 19.6. The Balaban J connectivity index is 2.18. The van der Waals surface area contributed by atoms with Crippen molar-refractivity contribution in [3.63, 3.8) is 0 Å². The van der Waals surface area contributed by atoms with Gasteiger partial charge < -0.3 is 0 Å². The summed E-state index contributed by atoms with van der Waals surface area (Å²) in [5.41, 5.74) is 5.36. The van der Waals surface area contributed by atoms with Crippen molar-refractivity contribution < 1.29 is 4.74 Å². The number of hydrogen-bond acceptors (Lipinski definition) is 1. The van der Waals surface area contributed by atoms with Crippen LogP contribution in [0.5, 0.6) is 0 Å². The fourth-order valence-corrected chi connectivity index (χ4v) is 13.4.